The summed E-state index contributed by atoms with van der Waals surface area (Å²) in [6.07, 6.45) is 5.00. The summed E-state index contributed by atoms with van der Waals surface area (Å²) in [6.45, 7) is 3.16. The summed E-state index contributed by atoms with van der Waals surface area (Å²) in [7, 11) is -3.93. The van der Waals surface area contributed by atoms with E-state index in [1.54, 1.807) is 19.9 Å². The number of carbonyl (C=O) groups is 1. The number of nitrogens with one attached hydrogen (secondary N) is 1. The predicted molar refractivity (Wildman–Crippen MR) is 74.6 cm³/mol. The fourth-order valence-electron chi connectivity index (χ4n) is 1.65. The number of terminal acetylenes is 1. The molecule has 0 aliphatic carbocycles. The van der Waals surface area contributed by atoms with Crippen LogP contribution in [-0.4, -0.2) is 27.5 Å². The van der Waals surface area contributed by atoms with Crippen LogP contribution in [0.2, 0.25) is 0 Å². The molecule has 1 rings (SSSR count). The first-order valence-corrected chi connectivity index (χ1v) is 7.27. The molecule has 6 nitrogen and oxygen atoms in total. The van der Waals surface area contributed by atoms with Gasteiger partial charge in [0.15, 0.2) is 6.61 Å². The van der Waals surface area contributed by atoms with Gasteiger partial charge in [-0.1, -0.05) is 12.0 Å². The average Bonchev–Trinajstić information content (AvgIpc) is 2.33. The van der Waals surface area contributed by atoms with E-state index in [1.807, 2.05) is 0 Å². The Balaban J connectivity index is 3.01. The molecule has 0 saturated heterocycles. The fourth-order valence-corrected chi connectivity index (χ4v) is 2.48. The molecule has 1 aromatic carbocycles. The normalized spacial score (nSPS) is 10.7. The lowest BCUT2D eigenvalue weighted by atomic mass is 10.1. The molecule has 0 atom stereocenters. The standard InChI is InChI=1S/C13H16N2O4S/c1-4-5-15-12(16)8-19-13-10(3)6-9(2)7-11(13)20(14,17)18/h1,6-7H,5,8H2,2-3H3,(H,15,16)(H2,14,17,18). The summed E-state index contributed by atoms with van der Waals surface area (Å²) in [5.41, 5.74) is 1.31. The largest absolute Gasteiger partial charge is 0.482 e. The summed E-state index contributed by atoms with van der Waals surface area (Å²) in [5.74, 6) is 1.88. The van der Waals surface area contributed by atoms with Crippen LogP contribution < -0.4 is 15.2 Å². The number of ether oxygens (including phenoxy) is 1. The van der Waals surface area contributed by atoms with Crippen molar-refractivity contribution in [1.82, 2.24) is 5.32 Å². The zero-order chi connectivity index (χ0) is 15.3. The molecular formula is C13H16N2O4S. The summed E-state index contributed by atoms with van der Waals surface area (Å²) in [4.78, 5) is 11.3. The second-order valence-electron chi connectivity index (χ2n) is 4.22. The van der Waals surface area contributed by atoms with Gasteiger partial charge in [-0.3, -0.25) is 4.79 Å². The van der Waals surface area contributed by atoms with E-state index >= 15 is 0 Å². The van der Waals surface area contributed by atoms with Crippen LogP contribution in [0.3, 0.4) is 0 Å². The third-order valence-electron chi connectivity index (χ3n) is 2.43. The first-order chi connectivity index (χ1) is 9.25. The highest BCUT2D eigenvalue weighted by Crippen LogP contribution is 2.28. The Labute approximate surface area is 118 Å². The molecule has 7 heteroatoms. The highest BCUT2D eigenvalue weighted by atomic mass is 32.2. The molecule has 0 aliphatic heterocycles. The van der Waals surface area contributed by atoms with Crippen LogP contribution >= 0.6 is 0 Å². The quantitative estimate of drug-likeness (QED) is 0.752. The van der Waals surface area contributed by atoms with Crippen LogP contribution in [0.25, 0.3) is 0 Å². The minimum Gasteiger partial charge on any atom is -0.482 e. The Morgan fingerprint density at radius 3 is 2.65 bits per heavy atom. The minimum atomic E-state index is -3.93. The number of carbonyl (C=O) groups excluding carboxylic acids is 1. The molecule has 108 valence electrons. The number of hydrogen-bond donors (Lipinski definition) is 2. The SMILES string of the molecule is C#CCNC(=O)COc1c(C)cc(C)cc1S(N)(=O)=O. The van der Waals surface area contributed by atoms with Gasteiger partial charge < -0.3 is 10.1 Å². The third kappa shape index (κ3) is 4.26. The van der Waals surface area contributed by atoms with E-state index in [9.17, 15) is 13.2 Å². The maximum absolute atomic E-state index is 11.5. The molecule has 3 N–H and O–H groups in total. The van der Waals surface area contributed by atoms with Crippen molar-refractivity contribution in [3.63, 3.8) is 0 Å². The molecule has 0 saturated carbocycles. The minimum absolute atomic E-state index is 0.0777. The number of aryl methyl sites for hydroxylation is 2. The van der Waals surface area contributed by atoms with E-state index in [0.717, 1.165) is 5.56 Å². The second-order valence-corrected chi connectivity index (χ2v) is 5.75. The first-order valence-electron chi connectivity index (χ1n) is 5.72. The van der Waals surface area contributed by atoms with Gasteiger partial charge in [0.25, 0.3) is 5.91 Å². The van der Waals surface area contributed by atoms with Gasteiger partial charge in [-0.05, 0) is 31.0 Å². The molecule has 0 unspecified atom stereocenters. The monoisotopic (exact) mass is 296 g/mol. The summed E-state index contributed by atoms with van der Waals surface area (Å²) in [5, 5.41) is 7.56. The lowest BCUT2D eigenvalue weighted by Gasteiger charge is -2.13. The Bertz CT molecular complexity index is 660. The lowest BCUT2D eigenvalue weighted by molar-refractivity contribution is -0.122. The molecule has 20 heavy (non-hydrogen) atoms. The van der Waals surface area contributed by atoms with E-state index < -0.39 is 15.9 Å². The molecule has 0 bridgehead atoms. The smallest absolute Gasteiger partial charge is 0.258 e. The topological polar surface area (TPSA) is 98.5 Å². The fraction of sp³-hybridized carbons (Fsp3) is 0.308. The van der Waals surface area contributed by atoms with Crippen LogP contribution in [0.15, 0.2) is 17.0 Å². The summed E-state index contributed by atoms with van der Waals surface area (Å²) < 4.78 is 28.4. The van der Waals surface area contributed by atoms with Gasteiger partial charge in [0.2, 0.25) is 10.0 Å². The molecule has 0 heterocycles. The molecule has 0 spiro atoms. The van der Waals surface area contributed by atoms with Gasteiger partial charge in [-0.2, -0.15) is 0 Å². The molecule has 0 aromatic heterocycles. The van der Waals surface area contributed by atoms with Crippen molar-refractivity contribution in [1.29, 1.82) is 0 Å². The number of benzene rings is 1. The van der Waals surface area contributed by atoms with Crippen LogP contribution in [-0.2, 0) is 14.8 Å². The molecule has 0 fully saturated rings. The van der Waals surface area contributed by atoms with Gasteiger partial charge in [-0.25, -0.2) is 13.6 Å². The number of amides is 1. The van der Waals surface area contributed by atoms with Crippen molar-refractivity contribution in [2.75, 3.05) is 13.2 Å². The molecular weight excluding hydrogens is 280 g/mol. The highest BCUT2D eigenvalue weighted by Gasteiger charge is 2.19. The van der Waals surface area contributed by atoms with Gasteiger partial charge in [0, 0.05) is 0 Å². The number of hydrogen-bond acceptors (Lipinski definition) is 4. The van der Waals surface area contributed by atoms with E-state index in [1.165, 1.54) is 6.07 Å². The van der Waals surface area contributed by atoms with Crippen molar-refractivity contribution in [2.45, 2.75) is 18.7 Å². The van der Waals surface area contributed by atoms with Crippen molar-refractivity contribution < 1.29 is 17.9 Å². The van der Waals surface area contributed by atoms with Crippen molar-refractivity contribution >= 4 is 15.9 Å². The number of sulfonamides is 1. The van der Waals surface area contributed by atoms with E-state index in [2.05, 4.69) is 11.2 Å². The van der Waals surface area contributed by atoms with Crippen LogP contribution in [0.4, 0.5) is 0 Å². The molecule has 1 aromatic rings. The maximum Gasteiger partial charge on any atom is 0.258 e. The van der Waals surface area contributed by atoms with Gasteiger partial charge in [0.1, 0.15) is 10.6 Å². The van der Waals surface area contributed by atoms with Gasteiger partial charge in [0.05, 0.1) is 6.54 Å². The van der Waals surface area contributed by atoms with E-state index in [-0.39, 0.29) is 23.8 Å². The van der Waals surface area contributed by atoms with Crippen molar-refractivity contribution in [2.24, 2.45) is 5.14 Å². The zero-order valence-corrected chi connectivity index (χ0v) is 12.1. The van der Waals surface area contributed by atoms with E-state index in [4.69, 9.17) is 16.3 Å². The summed E-state index contributed by atoms with van der Waals surface area (Å²) in [6, 6.07) is 3.14. The predicted octanol–water partition coefficient (Wildman–Crippen LogP) is 0.0790. The highest BCUT2D eigenvalue weighted by molar-refractivity contribution is 7.89. The molecule has 0 radical (unpaired) electrons. The van der Waals surface area contributed by atoms with Gasteiger partial charge >= 0.3 is 0 Å². The Morgan fingerprint density at radius 1 is 1.45 bits per heavy atom. The molecule has 1 amide bonds. The number of primary sulfonamides is 1. The van der Waals surface area contributed by atoms with E-state index in [0.29, 0.717) is 5.56 Å². The molecule has 0 aliphatic rings. The first kappa shape index (κ1) is 16.0. The lowest BCUT2D eigenvalue weighted by Crippen LogP contribution is -2.29. The maximum atomic E-state index is 11.5. The van der Waals surface area contributed by atoms with Crippen LogP contribution in [0.5, 0.6) is 5.75 Å². The van der Waals surface area contributed by atoms with Crippen molar-refractivity contribution in [3.8, 4) is 18.1 Å². The second kappa shape index (κ2) is 6.41. The van der Waals surface area contributed by atoms with Gasteiger partial charge in [-0.15, -0.1) is 6.42 Å². The zero-order valence-electron chi connectivity index (χ0n) is 11.3. The Hall–Kier alpha value is -2.04. The van der Waals surface area contributed by atoms with Crippen LogP contribution in [0, 0.1) is 26.2 Å². The average molecular weight is 296 g/mol. The van der Waals surface area contributed by atoms with Crippen LogP contribution in [0.1, 0.15) is 11.1 Å². The number of rotatable bonds is 5. The third-order valence-corrected chi connectivity index (χ3v) is 3.34. The Kier molecular flexibility index (Phi) is 5.13. The summed E-state index contributed by atoms with van der Waals surface area (Å²) >= 11 is 0. The Morgan fingerprint density at radius 2 is 2.10 bits per heavy atom. The van der Waals surface area contributed by atoms with Crippen molar-refractivity contribution in [3.05, 3.63) is 23.3 Å². The number of nitrogens with two attached hydrogens (primary N) is 1.